The van der Waals surface area contributed by atoms with E-state index >= 15 is 0 Å². The van der Waals surface area contributed by atoms with E-state index in [4.69, 9.17) is 0 Å². The highest BCUT2D eigenvalue weighted by Crippen LogP contribution is 2.20. The van der Waals surface area contributed by atoms with Gasteiger partial charge in [0.2, 0.25) is 10.0 Å². The summed E-state index contributed by atoms with van der Waals surface area (Å²) in [4.78, 5) is 1.76. The fraction of sp³-hybridized carbons (Fsp3) is 0.294. The van der Waals surface area contributed by atoms with Gasteiger partial charge in [0.1, 0.15) is 5.82 Å². The maximum atomic E-state index is 13.3. The SMILES string of the molecule is O=S(=O)(c1ccc(F)c(F)c1)N1CCN(Cc2cccc(F)c2)CC1. The number of nitrogens with zero attached hydrogens (tertiary/aromatic N) is 2. The number of hydrogen-bond acceptors (Lipinski definition) is 3. The van der Waals surface area contributed by atoms with Crippen molar-refractivity contribution in [1.82, 2.24) is 9.21 Å². The lowest BCUT2D eigenvalue weighted by molar-refractivity contribution is 0.181. The van der Waals surface area contributed by atoms with E-state index in [1.165, 1.54) is 16.4 Å². The van der Waals surface area contributed by atoms with Crippen molar-refractivity contribution in [3.63, 3.8) is 0 Å². The van der Waals surface area contributed by atoms with Crippen molar-refractivity contribution >= 4 is 10.0 Å². The molecule has 0 unspecified atom stereocenters. The summed E-state index contributed by atoms with van der Waals surface area (Å²) in [6, 6.07) is 8.83. The first-order valence-electron chi connectivity index (χ1n) is 7.78. The van der Waals surface area contributed by atoms with Crippen molar-refractivity contribution in [1.29, 1.82) is 0 Å². The van der Waals surface area contributed by atoms with E-state index in [9.17, 15) is 21.6 Å². The molecule has 3 rings (SSSR count). The standard InChI is InChI=1S/C17H17F3N2O2S/c18-14-3-1-2-13(10-14)12-21-6-8-22(9-7-21)25(23,24)15-4-5-16(19)17(20)11-15/h1-5,10-11H,6-9,12H2. The number of piperazine rings is 1. The van der Waals surface area contributed by atoms with Crippen LogP contribution in [-0.2, 0) is 16.6 Å². The van der Waals surface area contributed by atoms with Crippen LogP contribution >= 0.6 is 0 Å². The molecule has 2 aromatic carbocycles. The van der Waals surface area contributed by atoms with E-state index in [0.717, 1.165) is 17.7 Å². The Balaban J connectivity index is 1.66. The normalized spacial score (nSPS) is 16.9. The molecule has 1 heterocycles. The zero-order valence-corrected chi connectivity index (χ0v) is 14.1. The largest absolute Gasteiger partial charge is 0.296 e. The first-order valence-corrected chi connectivity index (χ1v) is 9.22. The van der Waals surface area contributed by atoms with Gasteiger partial charge in [0.05, 0.1) is 4.90 Å². The van der Waals surface area contributed by atoms with Crippen LogP contribution in [-0.4, -0.2) is 43.8 Å². The van der Waals surface area contributed by atoms with Gasteiger partial charge in [-0.25, -0.2) is 21.6 Å². The lowest BCUT2D eigenvalue weighted by Crippen LogP contribution is -2.48. The van der Waals surface area contributed by atoms with E-state index in [-0.39, 0.29) is 23.8 Å². The van der Waals surface area contributed by atoms with Gasteiger partial charge in [-0.2, -0.15) is 4.31 Å². The first kappa shape index (κ1) is 17.9. The zero-order chi connectivity index (χ0) is 18.0. The third-order valence-electron chi connectivity index (χ3n) is 4.16. The average molecular weight is 370 g/mol. The molecule has 1 saturated heterocycles. The Labute approximate surface area is 144 Å². The Hall–Kier alpha value is -1.90. The summed E-state index contributed by atoms with van der Waals surface area (Å²) < 4.78 is 65.9. The van der Waals surface area contributed by atoms with Crippen LogP contribution in [0.2, 0.25) is 0 Å². The smallest absolute Gasteiger partial charge is 0.243 e. The fourth-order valence-corrected chi connectivity index (χ4v) is 4.24. The molecule has 0 radical (unpaired) electrons. The Morgan fingerprint density at radius 1 is 0.880 bits per heavy atom. The van der Waals surface area contributed by atoms with Crippen LogP contribution in [0.3, 0.4) is 0 Å². The predicted molar refractivity (Wildman–Crippen MR) is 86.8 cm³/mol. The molecule has 1 fully saturated rings. The van der Waals surface area contributed by atoms with Crippen molar-refractivity contribution in [2.75, 3.05) is 26.2 Å². The molecule has 0 atom stereocenters. The van der Waals surface area contributed by atoms with E-state index in [0.29, 0.717) is 25.7 Å². The minimum atomic E-state index is -3.86. The van der Waals surface area contributed by atoms with Crippen molar-refractivity contribution < 1.29 is 21.6 Å². The summed E-state index contributed by atoms with van der Waals surface area (Å²) in [5.41, 5.74) is 0.817. The highest BCUT2D eigenvalue weighted by molar-refractivity contribution is 7.89. The molecule has 0 aliphatic carbocycles. The van der Waals surface area contributed by atoms with Crippen molar-refractivity contribution in [3.8, 4) is 0 Å². The van der Waals surface area contributed by atoms with Crippen molar-refractivity contribution in [2.24, 2.45) is 0 Å². The lowest BCUT2D eigenvalue weighted by Gasteiger charge is -2.34. The molecule has 4 nitrogen and oxygen atoms in total. The molecule has 0 N–H and O–H groups in total. The Morgan fingerprint density at radius 3 is 2.24 bits per heavy atom. The number of sulfonamides is 1. The Morgan fingerprint density at radius 2 is 1.60 bits per heavy atom. The number of halogens is 3. The molecule has 8 heteroatoms. The van der Waals surface area contributed by atoms with Crippen LogP contribution in [0, 0.1) is 17.5 Å². The molecular weight excluding hydrogens is 353 g/mol. The van der Waals surface area contributed by atoms with Crippen molar-refractivity contribution in [2.45, 2.75) is 11.4 Å². The fourth-order valence-electron chi connectivity index (χ4n) is 2.81. The monoisotopic (exact) mass is 370 g/mol. The summed E-state index contributed by atoms with van der Waals surface area (Å²) in [7, 11) is -3.86. The van der Waals surface area contributed by atoms with Gasteiger partial charge in [0, 0.05) is 32.7 Å². The maximum absolute atomic E-state index is 13.3. The summed E-state index contributed by atoms with van der Waals surface area (Å²) >= 11 is 0. The van der Waals surface area contributed by atoms with Gasteiger partial charge in [-0.3, -0.25) is 4.90 Å². The summed E-state index contributed by atoms with van der Waals surface area (Å²) in [6.45, 7) is 1.93. The number of benzene rings is 2. The molecule has 25 heavy (non-hydrogen) atoms. The van der Waals surface area contributed by atoms with Gasteiger partial charge in [0.15, 0.2) is 11.6 Å². The Kier molecular flexibility index (Phi) is 5.12. The molecule has 2 aromatic rings. The third kappa shape index (κ3) is 4.02. The van der Waals surface area contributed by atoms with Crippen LogP contribution in [0.4, 0.5) is 13.2 Å². The summed E-state index contributed by atoms with van der Waals surface area (Å²) in [6.07, 6.45) is 0. The van der Waals surface area contributed by atoms with Crippen LogP contribution in [0.25, 0.3) is 0 Å². The quantitative estimate of drug-likeness (QED) is 0.831. The van der Waals surface area contributed by atoms with Crippen LogP contribution < -0.4 is 0 Å². The van der Waals surface area contributed by atoms with Crippen molar-refractivity contribution in [3.05, 3.63) is 65.5 Å². The highest BCUT2D eigenvalue weighted by Gasteiger charge is 2.29. The van der Waals surface area contributed by atoms with Gasteiger partial charge >= 0.3 is 0 Å². The summed E-state index contributed by atoms with van der Waals surface area (Å²) in [5.74, 6) is -2.58. The van der Waals surface area contributed by atoms with Gasteiger partial charge < -0.3 is 0 Å². The molecule has 0 saturated carbocycles. The molecule has 1 aliphatic heterocycles. The van der Waals surface area contributed by atoms with Gasteiger partial charge in [-0.15, -0.1) is 0 Å². The third-order valence-corrected chi connectivity index (χ3v) is 6.05. The minimum Gasteiger partial charge on any atom is -0.296 e. The average Bonchev–Trinajstić information content (AvgIpc) is 2.58. The highest BCUT2D eigenvalue weighted by atomic mass is 32.2. The van der Waals surface area contributed by atoms with Crippen LogP contribution in [0.15, 0.2) is 47.4 Å². The Bertz CT molecular complexity index is 866. The van der Waals surface area contributed by atoms with E-state index in [1.807, 2.05) is 11.0 Å². The van der Waals surface area contributed by atoms with Gasteiger partial charge in [0.25, 0.3) is 0 Å². The molecule has 0 spiro atoms. The second kappa shape index (κ2) is 7.15. The van der Waals surface area contributed by atoms with E-state index < -0.39 is 21.7 Å². The maximum Gasteiger partial charge on any atom is 0.243 e. The predicted octanol–water partition coefficient (Wildman–Crippen LogP) is 2.61. The molecule has 1 aliphatic rings. The van der Waals surface area contributed by atoms with Crippen LogP contribution in [0.5, 0.6) is 0 Å². The lowest BCUT2D eigenvalue weighted by atomic mass is 10.2. The van der Waals surface area contributed by atoms with Crippen LogP contribution in [0.1, 0.15) is 5.56 Å². The van der Waals surface area contributed by atoms with E-state index in [1.54, 1.807) is 6.07 Å². The molecule has 0 amide bonds. The second-order valence-corrected chi connectivity index (χ2v) is 7.82. The minimum absolute atomic E-state index is 0.233. The molecule has 0 aromatic heterocycles. The van der Waals surface area contributed by atoms with Gasteiger partial charge in [-0.1, -0.05) is 12.1 Å². The summed E-state index contributed by atoms with van der Waals surface area (Å²) in [5, 5.41) is 0. The molecule has 0 bridgehead atoms. The van der Waals surface area contributed by atoms with Gasteiger partial charge in [-0.05, 0) is 35.9 Å². The molecular formula is C17H17F3N2O2S. The number of rotatable bonds is 4. The topological polar surface area (TPSA) is 40.6 Å². The zero-order valence-electron chi connectivity index (χ0n) is 13.3. The molecule has 134 valence electrons. The second-order valence-electron chi connectivity index (χ2n) is 5.89. The van der Waals surface area contributed by atoms with E-state index in [2.05, 4.69) is 0 Å². The first-order chi connectivity index (χ1) is 11.9. The number of hydrogen-bond donors (Lipinski definition) is 0.